The van der Waals surface area contributed by atoms with Gasteiger partial charge < -0.3 is 8.98 Å². The largest absolute Gasteiger partial charge is 0.455 e. The van der Waals surface area contributed by atoms with E-state index in [9.17, 15) is 0 Å². The van der Waals surface area contributed by atoms with Crippen LogP contribution in [0.15, 0.2) is 199 Å². The molecule has 4 heterocycles. The summed E-state index contributed by atoms with van der Waals surface area (Å²) in [5.41, 5.74) is 7.56. The van der Waals surface area contributed by atoms with Crippen LogP contribution in [0.25, 0.3) is 136 Å². The summed E-state index contributed by atoms with van der Waals surface area (Å²) < 4.78 is 11.7. The minimum Gasteiger partial charge on any atom is -0.455 e. The maximum Gasteiger partial charge on any atom is 0.166 e. The van der Waals surface area contributed by atoms with Gasteiger partial charge in [-0.2, -0.15) is 0 Å². The molecule has 0 aliphatic rings. The van der Waals surface area contributed by atoms with Gasteiger partial charge in [-0.1, -0.05) is 146 Å². The molecule has 14 rings (SSSR count). The lowest BCUT2D eigenvalue weighted by atomic mass is 10.0. The third-order valence-electron chi connectivity index (χ3n) is 12.8. The maximum atomic E-state index is 6.93. The van der Waals surface area contributed by atoms with Crippen molar-refractivity contribution < 1.29 is 4.42 Å². The van der Waals surface area contributed by atoms with Crippen molar-refractivity contribution in [3.05, 3.63) is 194 Å². The van der Waals surface area contributed by atoms with Gasteiger partial charge in [-0.3, -0.25) is 0 Å². The van der Waals surface area contributed by atoms with Crippen molar-refractivity contribution in [2.75, 3.05) is 0 Å². The Morgan fingerprint density at radius 3 is 1.81 bits per heavy atom. The van der Waals surface area contributed by atoms with Crippen LogP contribution in [0, 0.1) is 0 Å². The minimum atomic E-state index is 0.565. The highest BCUT2D eigenvalue weighted by atomic mass is 32.1. The van der Waals surface area contributed by atoms with E-state index in [-0.39, 0.29) is 0 Å². The molecular weight excluding hydrogens is 789 g/mol. The van der Waals surface area contributed by atoms with E-state index in [0.717, 1.165) is 81.6 Å². The first-order valence-corrected chi connectivity index (χ1v) is 22.0. The summed E-state index contributed by atoms with van der Waals surface area (Å²) >= 11 is 1.78. The second-order valence-corrected chi connectivity index (χ2v) is 17.4. The molecule has 4 aromatic heterocycles. The van der Waals surface area contributed by atoms with E-state index in [1.54, 1.807) is 11.3 Å². The van der Waals surface area contributed by atoms with E-state index >= 15 is 0 Å². The van der Waals surface area contributed by atoms with Gasteiger partial charge in [0.1, 0.15) is 11.2 Å². The quantitative estimate of drug-likeness (QED) is 0.177. The van der Waals surface area contributed by atoms with Gasteiger partial charge in [0.25, 0.3) is 0 Å². The molecule has 0 radical (unpaired) electrons. The van der Waals surface area contributed by atoms with Gasteiger partial charge in [-0.05, 0) is 75.5 Å². The second kappa shape index (κ2) is 13.2. The third kappa shape index (κ3) is 5.13. The monoisotopic (exact) mass is 820 g/mol. The van der Waals surface area contributed by atoms with Crippen LogP contribution in [-0.4, -0.2) is 19.5 Å². The molecule has 0 atom stereocenters. The molecule has 0 aliphatic carbocycles. The number of hydrogen-bond donors (Lipinski definition) is 0. The Morgan fingerprint density at radius 2 is 0.968 bits per heavy atom. The topological polar surface area (TPSA) is 56.7 Å². The number of nitrogens with zero attached hydrogens (tertiary/aromatic N) is 4. The Morgan fingerprint density at radius 1 is 0.365 bits per heavy atom. The van der Waals surface area contributed by atoms with Crippen LogP contribution in [0.3, 0.4) is 0 Å². The number of aromatic nitrogens is 4. The van der Waals surface area contributed by atoms with E-state index in [4.69, 9.17) is 19.4 Å². The summed E-state index contributed by atoms with van der Waals surface area (Å²) in [7, 11) is 0. The van der Waals surface area contributed by atoms with Gasteiger partial charge in [0.2, 0.25) is 0 Å². The minimum absolute atomic E-state index is 0.565. The average Bonchev–Trinajstić information content (AvgIpc) is 4.02. The Labute approximate surface area is 363 Å². The average molecular weight is 821 g/mol. The van der Waals surface area contributed by atoms with Gasteiger partial charge in [0.05, 0.1) is 16.7 Å². The first-order chi connectivity index (χ1) is 31.2. The molecular formula is C57H32N4OS. The third-order valence-corrected chi connectivity index (χ3v) is 14.0. The highest BCUT2D eigenvalue weighted by Crippen LogP contribution is 2.44. The van der Waals surface area contributed by atoms with Gasteiger partial charge in [-0.15, -0.1) is 11.3 Å². The molecule has 0 unspecified atom stereocenters. The highest BCUT2D eigenvalue weighted by molar-refractivity contribution is 7.26. The van der Waals surface area contributed by atoms with E-state index < -0.39 is 0 Å². The zero-order chi connectivity index (χ0) is 41.2. The molecule has 10 aromatic carbocycles. The Kier molecular flexibility index (Phi) is 7.21. The summed E-state index contributed by atoms with van der Waals surface area (Å²) in [6, 6.07) is 69.1. The molecule has 0 fully saturated rings. The molecule has 0 bridgehead atoms. The van der Waals surface area contributed by atoms with Crippen molar-refractivity contribution in [1.29, 1.82) is 0 Å². The van der Waals surface area contributed by atoms with Crippen LogP contribution in [0.4, 0.5) is 0 Å². The summed E-state index contributed by atoms with van der Waals surface area (Å²) in [5, 5.41) is 13.7. The van der Waals surface area contributed by atoms with E-state index in [2.05, 4.69) is 199 Å². The van der Waals surface area contributed by atoms with Crippen LogP contribution in [-0.2, 0) is 0 Å². The van der Waals surface area contributed by atoms with Crippen molar-refractivity contribution in [1.82, 2.24) is 19.5 Å². The molecule has 63 heavy (non-hydrogen) atoms. The van der Waals surface area contributed by atoms with Crippen molar-refractivity contribution >= 4 is 108 Å². The van der Waals surface area contributed by atoms with Gasteiger partial charge in [0, 0.05) is 63.8 Å². The molecule has 0 saturated heterocycles. The highest BCUT2D eigenvalue weighted by Gasteiger charge is 2.24. The molecule has 5 nitrogen and oxygen atoms in total. The summed E-state index contributed by atoms with van der Waals surface area (Å²) in [4.78, 5) is 16.4. The fraction of sp³-hybridized carbons (Fsp3) is 0. The molecule has 6 heteroatoms. The number of thiophene rings is 1. The van der Waals surface area contributed by atoms with Crippen LogP contribution < -0.4 is 0 Å². The zero-order valence-corrected chi connectivity index (χ0v) is 34.4. The maximum absolute atomic E-state index is 6.93. The molecule has 0 amide bonds. The lowest BCUT2D eigenvalue weighted by molar-refractivity contribution is 0.672. The predicted molar refractivity (Wildman–Crippen MR) is 263 cm³/mol. The first kappa shape index (κ1) is 34.5. The smallest absolute Gasteiger partial charge is 0.166 e. The number of rotatable bonds is 4. The van der Waals surface area contributed by atoms with Crippen molar-refractivity contribution in [2.24, 2.45) is 0 Å². The first-order valence-electron chi connectivity index (χ1n) is 21.2. The number of furan rings is 1. The van der Waals surface area contributed by atoms with Gasteiger partial charge >= 0.3 is 0 Å². The van der Waals surface area contributed by atoms with E-state index in [1.165, 1.54) is 37.0 Å². The number of para-hydroxylation sites is 1. The van der Waals surface area contributed by atoms with Gasteiger partial charge in [-0.25, -0.2) is 15.0 Å². The Bertz CT molecular complexity index is 4230. The zero-order valence-electron chi connectivity index (χ0n) is 33.6. The number of benzene rings is 10. The summed E-state index contributed by atoms with van der Waals surface area (Å²) in [6.45, 7) is 0. The van der Waals surface area contributed by atoms with E-state index in [1.807, 2.05) is 0 Å². The van der Waals surface area contributed by atoms with Gasteiger partial charge in [0.15, 0.2) is 17.5 Å². The predicted octanol–water partition coefficient (Wildman–Crippen LogP) is 15.7. The Hall–Kier alpha value is -8.19. The van der Waals surface area contributed by atoms with E-state index in [0.29, 0.717) is 17.5 Å². The SMILES string of the molecule is c1ccc2cc3c(cc2c1)c1ccccc1n3-c1cc2c(cc1-c1nc(-c3cccc4ccccc34)nc(-c3cccc4c3sc3ccccc34)n1)oc1c3ccccc3ccc21. The standard InChI is InChI=1S/C57H32N4OS/c1-2-16-36-30-49-45(29-35(36)15-1)39-20-7-9-25-48(39)61(49)50-31-46-41-28-27-34-14-4-6-19-38(34)53(41)62-51(46)32-47(50)57-59-55(43-23-11-17-33-13-3-5-18-37(33)43)58-56(60-57)44-24-12-22-42-40-21-8-10-26-52(40)63-54(42)44/h1-32H. The van der Waals surface area contributed by atoms with Crippen LogP contribution >= 0.6 is 11.3 Å². The summed E-state index contributed by atoms with van der Waals surface area (Å²) in [5.74, 6) is 1.80. The molecule has 0 aliphatic heterocycles. The lowest BCUT2D eigenvalue weighted by Crippen LogP contribution is -2.04. The molecule has 0 N–H and O–H groups in total. The van der Waals surface area contributed by atoms with Crippen molar-refractivity contribution in [3.63, 3.8) is 0 Å². The Balaban J connectivity index is 1.13. The normalized spacial score (nSPS) is 12.1. The number of hydrogen-bond acceptors (Lipinski definition) is 5. The van der Waals surface area contributed by atoms with Crippen LogP contribution in [0.1, 0.15) is 0 Å². The fourth-order valence-corrected chi connectivity index (χ4v) is 11.1. The second-order valence-electron chi connectivity index (χ2n) is 16.3. The summed E-state index contributed by atoms with van der Waals surface area (Å²) in [6.07, 6.45) is 0. The molecule has 0 saturated carbocycles. The van der Waals surface area contributed by atoms with Crippen molar-refractivity contribution in [2.45, 2.75) is 0 Å². The van der Waals surface area contributed by atoms with Crippen molar-refractivity contribution in [3.8, 4) is 39.9 Å². The fourth-order valence-electron chi connectivity index (χ4n) is 9.90. The molecule has 14 aromatic rings. The molecule has 0 spiro atoms. The van der Waals surface area contributed by atoms with Crippen LogP contribution in [0.5, 0.6) is 0 Å². The molecule has 292 valence electrons. The lowest BCUT2D eigenvalue weighted by Gasteiger charge is -2.16. The van der Waals surface area contributed by atoms with Crippen LogP contribution in [0.2, 0.25) is 0 Å². The number of fused-ring (bicyclic) bond motifs is 13.